The lowest BCUT2D eigenvalue weighted by Crippen LogP contribution is -2.62. The molecule has 5 atom stereocenters. The second kappa shape index (κ2) is 21.6. The molecule has 0 spiro atoms. The molecule has 2 aromatic heterocycles. The number of phenols is 1. The summed E-state index contributed by atoms with van der Waals surface area (Å²) in [4.78, 5) is 80.8. The van der Waals surface area contributed by atoms with Crippen LogP contribution < -0.4 is 10.7 Å². The lowest BCUT2D eigenvalue weighted by molar-refractivity contribution is -0.155. The summed E-state index contributed by atoms with van der Waals surface area (Å²) in [5, 5.41) is 16.8. The first-order chi connectivity index (χ1) is 34.7. The smallest absolute Gasteiger partial charge is 0.324 e. The van der Waals surface area contributed by atoms with E-state index >= 15 is 0 Å². The number of hydrogen-bond acceptors (Lipinski definition) is 12. The van der Waals surface area contributed by atoms with Gasteiger partial charge in [0.1, 0.15) is 29.4 Å². The van der Waals surface area contributed by atoms with Gasteiger partial charge in [-0.05, 0) is 124 Å². The highest BCUT2D eigenvalue weighted by Gasteiger charge is 2.42. The molecule has 17 heteroatoms. The molecule has 0 unspecified atom stereocenters. The average molecular weight is 1000 g/mol. The van der Waals surface area contributed by atoms with Crippen LogP contribution in [0.5, 0.6) is 5.75 Å². The van der Waals surface area contributed by atoms with E-state index in [9.17, 15) is 29.1 Å². The number of likely N-dealkylation sites (N-methyl/N-ethyl adjacent to an activating group) is 2. The summed E-state index contributed by atoms with van der Waals surface area (Å²) in [6, 6.07) is 12.4. The van der Waals surface area contributed by atoms with Gasteiger partial charge in [0.25, 0.3) is 11.8 Å². The number of pyridine rings is 1. The van der Waals surface area contributed by atoms with Crippen molar-refractivity contribution in [2.24, 2.45) is 17.3 Å². The fourth-order valence-corrected chi connectivity index (χ4v) is 10.8. The maximum Gasteiger partial charge on any atom is 0.324 e. The summed E-state index contributed by atoms with van der Waals surface area (Å²) >= 11 is 0. The number of hydrogen-bond donors (Lipinski definition) is 3. The Morgan fingerprint density at radius 2 is 1.78 bits per heavy atom. The highest BCUT2D eigenvalue weighted by molar-refractivity contribution is 5.97. The number of aryl methyl sites for hydroxylation is 1. The van der Waals surface area contributed by atoms with E-state index in [0.717, 1.165) is 39.0 Å². The van der Waals surface area contributed by atoms with Crippen LogP contribution in [0.15, 0.2) is 54.7 Å². The van der Waals surface area contributed by atoms with Gasteiger partial charge in [0, 0.05) is 74.8 Å². The third-order valence-corrected chi connectivity index (χ3v) is 15.1. The van der Waals surface area contributed by atoms with Gasteiger partial charge in [-0.15, -0.1) is 0 Å². The molecule has 6 heterocycles. The summed E-state index contributed by atoms with van der Waals surface area (Å²) in [7, 11) is 7.04. The fourth-order valence-electron chi connectivity index (χ4n) is 10.8. The summed E-state index contributed by atoms with van der Waals surface area (Å²) in [5.74, 6) is 2.73. The predicted molar refractivity (Wildman–Crippen MR) is 276 cm³/mol. The maximum absolute atomic E-state index is 14.8. The van der Waals surface area contributed by atoms with Crippen molar-refractivity contribution in [2.75, 3.05) is 67.7 Å². The summed E-state index contributed by atoms with van der Waals surface area (Å²) in [6.45, 7) is 14.3. The highest BCUT2D eigenvalue weighted by Crippen LogP contribution is 2.42. The molecule has 0 aliphatic carbocycles. The second-order valence-electron chi connectivity index (χ2n) is 21.6. The second-order valence-corrected chi connectivity index (χ2v) is 21.6. The first-order valence-electron chi connectivity index (χ1n) is 25.6. The molecule has 4 aromatic rings. The van der Waals surface area contributed by atoms with Gasteiger partial charge in [0.05, 0.1) is 43.2 Å². The minimum absolute atomic E-state index is 0.0186. The molecule has 3 saturated heterocycles. The molecule has 6 bridgehead atoms. The van der Waals surface area contributed by atoms with E-state index < -0.39 is 52.8 Å². The number of nitrogens with zero attached hydrogens (tertiary/aromatic N) is 6. The molecule has 73 heavy (non-hydrogen) atoms. The van der Waals surface area contributed by atoms with Gasteiger partial charge in [-0.2, -0.15) is 0 Å². The van der Waals surface area contributed by atoms with Gasteiger partial charge in [0.2, 0.25) is 11.8 Å². The lowest BCUT2D eigenvalue weighted by Gasteiger charge is -2.42. The Bertz CT molecular complexity index is 2820. The van der Waals surface area contributed by atoms with E-state index in [1.54, 1.807) is 37.4 Å². The number of likely N-dealkylation sites (tertiary alicyclic amines) is 1. The van der Waals surface area contributed by atoms with Crippen LogP contribution in [0.3, 0.4) is 0 Å². The quantitative estimate of drug-likeness (QED) is 0.141. The Kier molecular flexibility index (Phi) is 15.7. The Hall–Kier alpha value is -6.32. The number of phenolic OH excluding ortho intramolecular Hbond substituents is 1. The Morgan fingerprint density at radius 1 is 1.01 bits per heavy atom. The van der Waals surface area contributed by atoms with Crippen LogP contribution in [0.1, 0.15) is 83.7 Å². The summed E-state index contributed by atoms with van der Waals surface area (Å²) in [5.41, 5.74) is 8.97. The largest absolute Gasteiger partial charge is 0.508 e. The van der Waals surface area contributed by atoms with Crippen molar-refractivity contribution in [3.05, 3.63) is 71.5 Å². The van der Waals surface area contributed by atoms with Crippen LogP contribution in [0.25, 0.3) is 33.3 Å². The van der Waals surface area contributed by atoms with Crippen LogP contribution in [0.4, 0.5) is 0 Å². The minimum Gasteiger partial charge on any atom is -0.508 e. The van der Waals surface area contributed by atoms with Crippen LogP contribution in [-0.2, 0) is 57.6 Å². The topological polar surface area (TPSA) is 188 Å². The van der Waals surface area contributed by atoms with Crippen LogP contribution in [-0.4, -0.2) is 155 Å². The first-order valence-corrected chi connectivity index (χ1v) is 25.6. The number of ether oxygens (including phenoxy) is 3. The molecule has 4 amide bonds. The van der Waals surface area contributed by atoms with Crippen molar-refractivity contribution in [1.82, 2.24) is 40.0 Å². The number of carbonyl (C=O) groups is 5. The standard InChI is InChI=1S/C56H72N8O9/c1-11-63-46-17-16-37-28-42(46)43(50(63)41-14-12-21-57-48(41)35(4)71-10)29-55(5,6)31-73-54(70)44-15-13-22-64(59-44)53(69)45(26-36-24-39(37)27-40(65)25-36)58-51(67)49(34(2)3)61(9)52(68)38-19-23-62(30-38)47(66)18-20-56(60(7)8)32-72-33-56/h12,14,16-17,21,24-25,27-28,34-35,38,44-45,49,59,65H,11,13,15,19,22-23,26,29-33H2,1-10H3,(H,58,67)/t35-,38-,44-,45-,49-/m0/s1. The Balaban J connectivity index is 1.13. The summed E-state index contributed by atoms with van der Waals surface area (Å²) in [6.07, 6.45) is 3.33. The molecule has 8 rings (SSSR count). The third-order valence-electron chi connectivity index (χ3n) is 15.1. The number of rotatable bonds is 10. The van der Waals surface area contributed by atoms with Crippen LogP contribution in [0.2, 0.25) is 0 Å². The molecule has 0 saturated carbocycles. The van der Waals surface area contributed by atoms with Crippen molar-refractivity contribution in [3.63, 3.8) is 0 Å². The SMILES string of the molecule is CCn1c(-c2cccnc2[C@H](C)OC)c2c3cc(ccc31)-c1cc(O)cc(c1)C[C@H](NC(=O)[C@H](C(C)C)N(C)C(=O)[C@H]1CCN(C(=O)C#CC3(N(C)C)COC3)C1)C(=O)N1CCC[C@H](N1)C(=O)OCC(C)(C)C2. The molecule has 4 aliphatic heterocycles. The zero-order valence-electron chi connectivity index (χ0n) is 44.0. The fraction of sp³-hybridized carbons (Fsp3) is 0.536. The zero-order chi connectivity index (χ0) is 52.5. The van der Waals surface area contributed by atoms with Crippen molar-refractivity contribution < 1.29 is 43.3 Å². The van der Waals surface area contributed by atoms with Crippen molar-refractivity contribution in [1.29, 1.82) is 0 Å². The normalized spacial score (nSPS) is 21.7. The first kappa shape index (κ1) is 53.0. The molecule has 4 aliphatic rings. The maximum atomic E-state index is 14.8. The number of aromatic hydroxyl groups is 1. The molecule has 3 fully saturated rings. The van der Waals surface area contributed by atoms with Gasteiger partial charge in [-0.1, -0.05) is 45.7 Å². The lowest BCUT2D eigenvalue weighted by atomic mass is 9.84. The van der Waals surface area contributed by atoms with Gasteiger partial charge >= 0.3 is 5.97 Å². The van der Waals surface area contributed by atoms with Gasteiger partial charge in [-0.25, -0.2) is 5.43 Å². The van der Waals surface area contributed by atoms with Crippen LogP contribution >= 0.6 is 0 Å². The number of fused-ring (bicyclic) bond motifs is 6. The predicted octanol–water partition coefficient (Wildman–Crippen LogP) is 5.12. The minimum atomic E-state index is -1.19. The summed E-state index contributed by atoms with van der Waals surface area (Å²) < 4.78 is 19.6. The number of amides is 4. The van der Waals surface area contributed by atoms with Crippen molar-refractivity contribution in [3.8, 4) is 40.0 Å². The number of hydrazine groups is 1. The molecular formula is C56H72N8O9. The van der Waals surface area contributed by atoms with E-state index in [2.05, 4.69) is 66.1 Å². The van der Waals surface area contributed by atoms with Gasteiger partial charge in [0.15, 0.2) is 0 Å². The van der Waals surface area contributed by atoms with Crippen LogP contribution in [0, 0.1) is 29.1 Å². The number of aromatic nitrogens is 2. The van der Waals surface area contributed by atoms with E-state index in [1.807, 2.05) is 58.0 Å². The zero-order valence-corrected chi connectivity index (χ0v) is 44.0. The Morgan fingerprint density at radius 3 is 2.47 bits per heavy atom. The highest BCUT2D eigenvalue weighted by atomic mass is 16.5. The number of benzene rings is 2. The van der Waals surface area contributed by atoms with Crippen molar-refractivity contribution in [2.45, 2.75) is 110 Å². The number of esters is 1. The van der Waals surface area contributed by atoms with E-state index in [1.165, 1.54) is 9.91 Å². The molecule has 390 valence electrons. The van der Waals surface area contributed by atoms with E-state index in [0.29, 0.717) is 63.1 Å². The number of nitrogens with one attached hydrogen (secondary N) is 2. The molecule has 2 aromatic carbocycles. The van der Waals surface area contributed by atoms with E-state index in [-0.39, 0.29) is 55.7 Å². The van der Waals surface area contributed by atoms with Crippen molar-refractivity contribution >= 4 is 40.5 Å². The number of cyclic esters (lactones) is 1. The molecule has 17 nitrogen and oxygen atoms in total. The van der Waals surface area contributed by atoms with Gasteiger partial charge in [-0.3, -0.25) is 38.9 Å². The molecule has 3 N–H and O–H groups in total. The number of carbonyl (C=O) groups excluding carboxylic acids is 5. The molecule has 0 radical (unpaired) electrons. The third kappa shape index (κ3) is 11.0. The number of methoxy groups -OCH3 is 1. The monoisotopic (exact) mass is 1000 g/mol. The average Bonchev–Trinajstić information content (AvgIpc) is 3.96. The molecular weight excluding hydrogens is 929 g/mol. The van der Waals surface area contributed by atoms with E-state index in [4.69, 9.17) is 19.2 Å². The Labute approximate surface area is 428 Å². The van der Waals surface area contributed by atoms with Gasteiger partial charge < -0.3 is 39.0 Å².